The van der Waals surface area contributed by atoms with Gasteiger partial charge in [-0.3, -0.25) is 4.79 Å². The number of epoxide rings is 1. The number of nitrogens with zero attached hydrogens (tertiary/aromatic N) is 1. The maximum Gasteiger partial charge on any atom is 0.334 e. The van der Waals surface area contributed by atoms with Crippen LogP contribution in [-0.2, 0) is 19.1 Å². The maximum atomic E-state index is 12.3. The summed E-state index contributed by atoms with van der Waals surface area (Å²) in [5, 5.41) is 0. The predicted molar refractivity (Wildman–Crippen MR) is 81.0 cm³/mol. The van der Waals surface area contributed by atoms with Crippen molar-refractivity contribution in [3.05, 3.63) is 23.8 Å². The molecule has 0 aromatic carbocycles. The van der Waals surface area contributed by atoms with Crippen molar-refractivity contribution in [3.63, 3.8) is 0 Å². The number of carbonyl (C=O) groups excluding carboxylic acids is 2. The highest BCUT2D eigenvalue weighted by Crippen LogP contribution is 2.49. The van der Waals surface area contributed by atoms with Crippen LogP contribution in [0.2, 0.25) is 0 Å². The molecule has 2 heterocycles. The molecule has 3 aliphatic rings. The zero-order valence-corrected chi connectivity index (χ0v) is 13.4. The lowest BCUT2D eigenvalue weighted by atomic mass is 9.83. The Morgan fingerprint density at radius 2 is 2.18 bits per heavy atom. The maximum absolute atomic E-state index is 12.3. The first kappa shape index (κ1) is 15.3. The molecule has 120 valence electrons. The third-order valence-electron chi connectivity index (χ3n) is 5.03. The van der Waals surface area contributed by atoms with Crippen molar-refractivity contribution in [2.75, 3.05) is 14.1 Å². The topological polar surface area (TPSA) is 59.1 Å². The summed E-state index contributed by atoms with van der Waals surface area (Å²) in [4.78, 5) is 25.7. The second-order valence-electron chi connectivity index (χ2n) is 6.86. The molecule has 22 heavy (non-hydrogen) atoms. The molecule has 0 saturated carbocycles. The van der Waals surface area contributed by atoms with E-state index in [-0.39, 0.29) is 35.6 Å². The summed E-state index contributed by atoms with van der Waals surface area (Å²) < 4.78 is 11.3. The molecule has 0 aromatic rings. The fourth-order valence-electron chi connectivity index (χ4n) is 3.54. The largest absolute Gasteiger partial charge is 0.455 e. The number of carbonyl (C=O) groups is 2. The van der Waals surface area contributed by atoms with Crippen LogP contribution >= 0.6 is 0 Å². The zero-order valence-electron chi connectivity index (χ0n) is 13.4. The number of esters is 1. The van der Waals surface area contributed by atoms with Gasteiger partial charge in [0.05, 0.1) is 5.60 Å². The number of allylic oxidation sites excluding steroid dienone is 1. The van der Waals surface area contributed by atoms with Crippen LogP contribution in [0, 0.1) is 5.92 Å². The highest BCUT2D eigenvalue weighted by Gasteiger charge is 2.61. The van der Waals surface area contributed by atoms with Gasteiger partial charge in [-0.05, 0) is 32.6 Å². The minimum Gasteiger partial charge on any atom is -0.455 e. The first-order valence-corrected chi connectivity index (χ1v) is 7.82. The van der Waals surface area contributed by atoms with Crippen LogP contribution < -0.4 is 0 Å². The van der Waals surface area contributed by atoms with E-state index in [0.717, 1.165) is 18.4 Å². The molecule has 0 N–H and O–H groups in total. The lowest BCUT2D eigenvalue weighted by Gasteiger charge is -2.21. The van der Waals surface area contributed by atoms with Crippen molar-refractivity contribution < 1.29 is 19.1 Å². The molecule has 0 unspecified atom stereocenters. The predicted octanol–water partition coefficient (Wildman–Crippen LogP) is 1.83. The van der Waals surface area contributed by atoms with Gasteiger partial charge < -0.3 is 14.4 Å². The van der Waals surface area contributed by atoms with Crippen molar-refractivity contribution in [2.24, 2.45) is 5.92 Å². The van der Waals surface area contributed by atoms with E-state index >= 15 is 0 Å². The van der Waals surface area contributed by atoms with Crippen molar-refractivity contribution >= 4 is 11.9 Å². The Morgan fingerprint density at radius 3 is 2.86 bits per heavy atom. The van der Waals surface area contributed by atoms with E-state index in [1.54, 1.807) is 19.0 Å². The summed E-state index contributed by atoms with van der Waals surface area (Å²) in [6, 6.07) is 0. The Morgan fingerprint density at radius 1 is 1.45 bits per heavy atom. The number of ether oxygens (including phenoxy) is 2. The van der Waals surface area contributed by atoms with E-state index in [0.29, 0.717) is 18.4 Å². The van der Waals surface area contributed by atoms with Crippen LogP contribution in [0.1, 0.15) is 32.6 Å². The number of rotatable bonds is 1. The van der Waals surface area contributed by atoms with Gasteiger partial charge in [0.2, 0.25) is 5.91 Å². The number of fused-ring (bicyclic) bond motifs is 3. The van der Waals surface area contributed by atoms with Crippen molar-refractivity contribution in [3.8, 4) is 0 Å². The quantitative estimate of drug-likeness (QED) is 0.421. The summed E-state index contributed by atoms with van der Waals surface area (Å²) in [5.74, 6) is -0.348. The van der Waals surface area contributed by atoms with Crippen LogP contribution in [0.3, 0.4) is 0 Å². The Labute approximate surface area is 130 Å². The van der Waals surface area contributed by atoms with Crippen molar-refractivity contribution in [2.45, 2.75) is 50.4 Å². The summed E-state index contributed by atoms with van der Waals surface area (Å²) in [6.45, 7) is 5.93. The normalized spacial score (nSPS) is 40.0. The van der Waals surface area contributed by atoms with Crippen LogP contribution in [0.15, 0.2) is 23.8 Å². The molecule has 1 aliphatic carbocycles. The lowest BCUT2D eigenvalue weighted by Crippen LogP contribution is -2.30. The van der Waals surface area contributed by atoms with Crippen LogP contribution in [0.5, 0.6) is 0 Å². The average Bonchev–Trinajstić information content (AvgIpc) is 3.05. The van der Waals surface area contributed by atoms with Gasteiger partial charge in [0, 0.05) is 31.2 Å². The van der Waals surface area contributed by atoms with Gasteiger partial charge in [0.25, 0.3) is 0 Å². The summed E-state index contributed by atoms with van der Waals surface area (Å²) in [6.07, 6.45) is 4.68. The summed E-state index contributed by atoms with van der Waals surface area (Å²) >= 11 is 0. The smallest absolute Gasteiger partial charge is 0.334 e. The average molecular weight is 305 g/mol. The van der Waals surface area contributed by atoms with Crippen molar-refractivity contribution in [1.29, 1.82) is 0 Å². The zero-order chi connectivity index (χ0) is 16.1. The molecule has 5 nitrogen and oxygen atoms in total. The molecular weight excluding hydrogens is 282 g/mol. The molecule has 2 aliphatic heterocycles. The molecule has 2 fully saturated rings. The molecule has 3 rings (SSSR count). The molecule has 0 spiro atoms. The number of hydrogen-bond donors (Lipinski definition) is 0. The van der Waals surface area contributed by atoms with E-state index in [4.69, 9.17) is 9.47 Å². The lowest BCUT2D eigenvalue weighted by molar-refractivity contribution is -0.140. The molecule has 5 heteroatoms. The van der Waals surface area contributed by atoms with E-state index in [9.17, 15) is 9.59 Å². The molecule has 0 aromatic heterocycles. The minimum absolute atomic E-state index is 0.0337. The highest BCUT2D eigenvalue weighted by atomic mass is 16.6. The number of amides is 1. The third kappa shape index (κ3) is 2.47. The monoisotopic (exact) mass is 305 g/mol. The van der Waals surface area contributed by atoms with Gasteiger partial charge in [0.1, 0.15) is 12.2 Å². The van der Waals surface area contributed by atoms with E-state index in [2.05, 4.69) is 6.58 Å². The number of hydrogen-bond acceptors (Lipinski definition) is 4. The molecule has 4 atom stereocenters. The first-order chi connectivity index (χ1) is 10.3. The number of likely N-dealkylation sites (N-methyl/N-ethyl adjacent to an activating group) is 1. The molecule has 2 saturated heterocycles. The molecular formula is C17H23NO4. The fraction of sp³-hybridized carbons (Fsp3) is 0.647. The van der Waals surface area contributed by atoms with Crippen LogP contribution in [0.4, 0.5) is 0 Å². The van der Waals surface area contributed by atoms with Crippen molar-refractivity contribution in [1.82, 2.24) is 4.90 Å². The second kappa shape index (κ2) is 5.23. The van der Waals surface area contributed by atoms with Gasteiger partial charge in [-0.15, -0.1) is 0 Å². The molecule has 1 amide bonds. The van der Waals surface area contributed by atoms with E-state index in [1.807, 2.05) is 13.0 Å². The minimum atomic E-state index is -0.323. The third-order valence-corrected chi connectivity index (χ3v) is 5.03. The summed E-state index contributed by atoms with van der Waals surface area (Å²) in [7, 11) is 3.51. The fourth-order valence-corrected chi connectivity index (χ4v) is 3.54. The van der Waals surface area contributed by atoms with Gasteiger partial charge in [-0.2, -0.15) is 0 Å². The Kier molecular flexibility index (Phi) is 3.63. The van der Waals surface area contributed by atoms with Crippen LogP contribution in [0.25, 0.3) is 0 Å². The second-order valence-corrected chi connectivity index (χ2v) is 6.86. The van der Waals surface area contributed by atoms with Gasteiger partial charge in [0.15, 0.2) is 0 Å². The summed E-state index contributed by atoms with van der Waals surface area (Å²) in [5.41, 5.74) is 1.06. The molecule has 0 bridgehead atoms. The Balaban J connectivity index is 1.86. The first-order valence-electron chi connectivity index (χ1n) is 7.82. The van der Waals surface area contributed by atoms with Gasteiger partial charge >= 0.3 is 5.97 Å². The highest BCUT2D eigenvalue weighted by molar-refractivity contribution is 5.93. The van der Waals surface area contributed by atoms with Crippen LogP contribution in [-0.4, -0.2) is 48.7 Å². The SMILES string of the molecule is C=C1C(=O)O[C@H]2[C@H]1CC/C(C(=O)N(C)C)=C\CC[C@@]1(C)O[C@@H]21. The molecule has 0 radical (unpaired) electrons. The van der Waals surface area contributed by atoms with Gasteiger partial charge in [-0.1, -0.05) is 12.7 Å². The standard InChI is InChI=1S/C17H23NO4/c1-10-12-8-7-11(15(19)18(3)4)6-5-9-17(2)14(22-17)13(12)21-16(10)20/h6,12-14H,1,5,7-9H2,2-4H3/b11-6+/t12-,13-,14-,17+/m0/s1. The van der Waals surface area contributed by atoms with Gasteiger partial charge in [-0.25, -0.2) is 4.79 Å². The van der Waals surface area contributed by atoms with E-state index < -0.39 is 0 Å². The Hall–Kier alpha value is -1.62. The Bertz CT molecular complexity index is 565. The van der Waals surface area contributed by atoms with E-state index in [1.165, 1.54) is 0 Å².